The molecule has 2 aromatic carbocycles. The zero-order chi connectivity index (χ0) is 24.6. The van der Waals surface area contributed by atoms with E-state index in [1.54, 1.807) is 30.3 Å². The first-order valence-electron chi connectivity index (χ1n) is 12.1. The van der Waals surface area contributed by atoms with Gasteiger partial charge in [-0.15, -0.1) is 0 Å². The SMILES string of the molecule is CCOc1ccccc1C(C(=O)NC1CCCCC1)N(C(=O)c1ccccn1)c1ccc(F)cc1. The minimum Gasteiger partial charge on any atom is -0.493 e. The van der Waals surface area contributed by atoms with Crippen molar-refractivity contribution < 1.29 is 18.7 Å². The molecular formula is C28H30FN3O3. The van der Waals surface area contributed by atoms with Crippen LogP contribution in [0.5, 0.6) is 5.75 Å². The van der Waals surface area contributed by atoms with Gasteiger partial charge < -0.3 is 10.1 Å². The predicted octanol–water partition coefficient (Wildman–Crippen LogP) is 5.46. The Labute approximate surface area is 205 Å². The lowest BCUT2D eigenvalue weighted by molar-refractivity contribution is -0.123. The highest BCUT2D eigenvalue weighted by molar-refractivity contribution is 6.09. The Bertz CT molecular complexity index is 1130. The fourth-order valence-corrected chi connectivity index (χ4v) is 4.52. The fourth-order valence-electron chi connectivity index (χ4n) is 4.52. The maximum absolute atomic E-state index is 13.9. The monoisotopic (exact) mass is 475 g/mol. The summed E-state index contributed by atoms with van der Waals surface area (Å²) in [5.74, 6) is -0.693. The van der Waals surface area contributed by atoms with Gasteiger partial charge in [-0.05, 0) is 62.2 Å². The zero-order valence-corrected chi connectivity index (χ0v) is 19.8. The van der Waals surface area contributed by atoms with Crippen molar-refractivity contribution in [2.24, 2.45) is 0 Å². The van der Waals surface area contributed by atoms with Gasteiger partial charge in [0.1, 0.15) is 23.3 Å². The smallest absolute Gasteiger partial charge is 0.277 e. The second-order valence-corrected chi connectivity index (χ2v) is 8.58. The molecule has 182 valence electrons. The lowest BCUT2D eigenvalue weighted by atomic mass is 9.94. The Kier molecular flexibility index (Phi) is 8.08. The van der Waals surface area contributed by atoms with Gasteiger partial charge in [0.2, 0.25) is 5.91 Å². The maximum Gasteiger partial charge on any atom is 0.277 e. The Morgan fingerprint density at radius 1 is 1.03 bits per heavy atom. The maximum atomic E-state index is 13.9. The van der Waals surface area contributed by atoms with Crippen LogP contribution in [0.25, 0.3) is 0 Å². The van der Waals surface area contributed by atoms with E-state index >= 15 is 0 Å². The van der Waals surface area contributed by atoms with E-state index in [1.165, 1.54) is 35.4 Å². The van der Waals surface area contributed by atoms with Crippen molar-refractivity contribution in [3.05, 3.63) is 90.0 Å². The summed E-state index contributed by atoms with van der Waals surface area (Å²) in [6.45, 7) is 2.27. The highest BCUT2D eigenvalue weighted by Crippen LogP contribution is 2.35. The highest BCUT2D eigenvalue weighted by atomic mass is 19.1. The Morgan fingerprint density at radius 3 is 2.43 bits per heavy atom. The Balaban J connectivity index is 1.84. The van der Waals surface area contributed by atoms with Crippen molar-refractivity contribution >= 4 is 17.5 Å². The molecule has 4 rings (SSSR count). The number of carbonyl (C=O) groups is 2. The van der Waals surface area contributed by atoms with Crippen LogP contribution in [-0.4, -0.2) is 29.4 Å². The predicted molar refractivity (Wildman–Crippen MR) is 133 cm³/mol. The summed E-state index contributed by atoms with van der Waals surface area (Å²) in [7, 11) is 0. The second-order valence-electron chi connectivity index (χ2n) is 8.58. The number of anilines is 1. The minimum absolute atomic E-state index is 0.0398. The topological polar surface area (TPSA) is 71.5 Å². The molecule has 3 aromatic rings. The lowest BCUT2D eigenvalue weighted by Gasteiger charge is -2.34. The molecule has 0 radical (unpaired) electrons. The molecule has 1 unspecified atom stereocenters. The number of para-hydroxylation sites is 1. The number of hydrogen-bond donors (Lipinski definition) is 1. The molecule has 1 aromatic heterocycles. The molecule has 0 spiro atoms. The molecule has 0 aliphatic heterocycles. The average Bonchev–Trinajstić information content (AvgIpc) is 2.89. The molecule has 1 N–H and O–H groups in total. The van der Waals surface area contributed by atoms with Gasteiger partial charge in [-0.1, -0.05) is 43.5 Å². The molecule has 2 amide bonds. The van der Waals surface area contributed by atoms with E-state index < -0.39 is 17.8 Å². The molecule has 1 saturated carbocycles. The standard InChI is InChI=1S/C28H30FN3O3/c1-2-35-25-14-7-6-12-23(25)26(27(33)31-21-10-4-3-5-11-21)32(22-17-15-20(29)16-18-22)28(34)24-13-8-9-19-30-24/h6-9,12-19,21,26H,2-5,10-11H2,1H3,(H,31,33). The number of nitrogens with one attached hydrogen (secondary N) is 1. The average molecular weight is 476 g/mol. The Hall–Kier alpha value is -3.74. The number of benzene rings is 2. The zero-order valence-electron chi connectivity index (χ0n) is 19.8. The van der Waals surface area contributed by atoms with Crippen LogP contribution >= 0.6 is 0 Å². The third-order valence-corrected chi connectivity index (χ3v) is 6.18. The number of ether oxygens (including phenoxy) is 1. The van der Waals surface area contributed by atoms with Crippen LogP contribution in [0.15, 0.2) is 72.9 Å². The van der Waals surface area contributed by atoms with Crippen molar-refractivity contribution in [1.82, 2.24) is 10.3 Å². The number of nitrogens with zero attached hydrogens (tertiary/aromatic N) is 2. The van der Waals surface area contributed by atoms with Crippen molar-refractivity contribution in [3.8, 4) is 5.75 Å². The van der Waals surface area contributed by atoms with Gasteiger partial charge in [0, 0.05) is 23.5 Å². The van der Waals surface area contributed by atoms with Crippen LogP contribution in [0.3, 0.4) is 0 Å². The van der Waals surface area contributed by atoms with Gasteiger partial charge in [-0.3, -0.25) is 19.5 Å². The lowest BCUT2D eigenvalue weighted by Crippen LogP contribution is -2.47. The van der Waals surface area contributed by atoms with Crippen molar-refractivity contribution in [1.29, 1.82) is 0 Å². The van der Waals surface area contributed by atoms with Gasteiger partial charge in [0.05, 0.1) is 6.61 Å². The van der Waals surface area contributed by atoms with Crippen LogP contribution in [0.1, 0.15) is 61.1 Å². The van der Waals surface area contributed by atoms with Crippen LogP contribution in [0.2, 0.25) is 0 Å². The van der Waals surface area contributed by atoms with E-state index in [0.717, 1.165) is 32.1 Å². The molecule has 7 heteroatoms. The van der Waals surface area contributed by atoms with Crippen molar-refractivity contribution in [2.75, 3.05) is 11.5 Å². The summed E-state index contributed by atoms with van der Waals surface area (Å²) in [5, 5.41) is 3.17. The third-order valence-electron chi connectivity index (χ3n) is 6.18. The highest BCUT2D eigenvalue weighted by Gasteiger charge is 2.36. The van der Waals surface area contributed by atoms with E-state index in [-0.39, 0.29) is 17.6 Å². The van der Waals surface area contributed by atoms with Gasteiger partial charge in [-0.25, -0.2) is 4.39 Å². The normalized spacial score (nSPS) is 14.7. The van der Waals surface area contributed by atoms with Crippen molar-refractivity contribution in [3.63, 3.8) is 0 Å². The Morgan fingerprint density at radius 2 is 1.74 bits per heavy atom. The molecule has 1 aliphatic carbocycles. The number of hydrogen-bond acceptors (Lipinski definition) is 4. The molecule has 0 bridgehead atoms. The number of halogens is 1. The first-order valence-corrected chi connectivity index (χ1v) is 12.1. The quantitative estimate of drug-likeness (QED) is 0.470. The van der Waals surface area contributed by atoms with E-state index in [4.69, 9.17) is 4.74 Å². The number of rotatable bonds is 8. The molecule has 6 nitrogen and oxygen atoms in total. The minimum atomic E-state index is -1.04. The van der Waals surface area contributed by atoms with Gasteiger partial charge >= 0.3 is 0 Å². The van der Waals surface area contributed by atoms with E-state index in [2.05, 4.69) is 10.3 Å². The first kappa shape index (κ1) is 24.4. The largest absolute Gasteiger partial charge is 0.493 e. The summed E-state index contributed by atoms with van der Waals surface area (Å²) in [6.07, 6.45) is 6.59. The molecule has 1 atom stereocenters. The second kappa shape index (κ2) is 11.6. The summed E-state index contributed by atoms with van der Waals surface area (Å²) >= 11 is 0. The summed E-state index contributed by atoms with van der Waals surface area (Å²) in [6, 6.07) is 16.8. The number of aromatic nitrogens is 1. The number of carbonyl (C=O) groups excluding carboxylic acids is 2. The first-order chi connectivity index (χ1) is 17.1. The summed E-state index contributed by atoms with van der Waals surface area (Å²) in [5.41, 5.74) is 1.12. The van der Waals surface area contributed by atoms with E-state index in [9.17, 15) is 14.0 Å². The van der Waals surface area contributed by atoms with Gasteiger partial charge in [0.15, 0.2) is 0 Å². The van der Waals surface area contributed by atoms with Crippen LogP contribution in [0, 0.1) is 5.82 Å². The number of amides is 2. The van der Waals surface area contributed by atoms with Crippen LogP contribution < -0.4 is 15.0 Å². The van der Waals surface area contributed by atoms with E-state index in [0.29, 0.717) is 23.6 Å². The summed E-state index contributed by atoms with van der Waals surface area (Å²) < 4.78 is 19.7. The van der Waals surface area contributed by atoms with Crippen LogP contribution in [0.4, 0.5) is 10.1 Å². The van der Waals surface area contributed by atoms with Gasteiger partial charge in [-0.2, -0.15) is 0 Å². The summed E-state index contributed by atoms with van der Waals surface area (Å²) in [4.78, 5) is 33.4. The van der Waals surface area contributed by atoms with Crippen LogP contribution in [-0.2, 0) is 4.79 Å². The molecular weight excluding hydrogens is 445 g/mol. The van der Waals surface area contributed by atoms with Gasteiger partial charge in [0.25, 0.3) is 5.91 Å². The van der Waals surface area contributed by atoms with Crippen molar-refractivity contribution in [2.45, 2.75) is 51.1 Å². The third kappa shape index (κ3) is 5.85. The number of pyridine rings is 1. The molecule has 1 aliphatic rings. The molecule has 1 fully saturated rings. The fraction of sp³-hybridized carbons (Fsp3) is 0.321. The molecule has 35 heavy (non-hydrogen) atoms. The molecule has 0 saturated heterocycles. The van der Waals surface area contributed by atoms with E-state index in [1.807, 2.05) is 19.1 Å². The molecule has 1 heterocycles.